The van der Waals surface area contributed by atoms with Crippen LogP contribution in [0.15, 0.2) is 24.3 Å². The van der Waals surface area contributed by atoms with Crippen LogP contribution in [-0.2, 0) is 0 Å². The summed E-state index contributed by atoms with van der Waals surface area (Å²) in [4.78, 5) is 0. The molecular formula is C12H16O2. The van der Waals surface area contributed by atoms with E-state index in [1.165, 1.54) is 5.56 Å². The Balaban J connectivity index is 2.11. The van der Waals surface area contributed by atoms with Crippen LogP contribution in [0.1, 0.15) is 24.8 Å². The van der Waals surface area contributed by atoms with Gasteiger partial charge in [0.25, 0.3) is 0 Å². The van der Waals surface area contributed by atoms with Crippen molar-refractivity contribution in [3.63, 3.8) is 0 Å². The van der Waals surface area contributed by atoms with E-state index in [0.717, 1.165) is 12.2 Å². The molecule has 2 heteroatoms. The van der Waals surface area contributed by atoms with Gasteiger partial charge in [0.1, 0.15) is 5.75 Å². The fraction of sp³-hybridized carbons (Fsp3) is 0.500. The van der Waals surface area contributed by atoms with E-state index >= 15 is 0 Å². The fourth-order valence-corrected chi connectivity index (χ4v) is 2.00. The monoisotopic (exact) mass is 192 g/mol. The maximum absolute atomic E-state index is 9.42. The molecule has 1 fully saturated rings. The van der Waals surface area contributed by atoms with Crippen LogP contribution >= 0.6 is 0 Å². The minimum absolute atomic E-state index is 0.189. The highest BCUT2D eigenvalue weighted by molar-refractivity contribution is 5.34. The zero-order valence-corrected chi connectivity index (χ0v) is 8.60. The maximum atomic E-state index is 9.42. The standard InChI is InChI=1S/C12H16O2/c1-8(13)11-7-12(11)9-4-3-5-10(6-9)14-2/h3-6,8,11-13H,7H2,1-2H3/t8-,11-,12-/m1/s1. The molecule has 0 unspecified atom stereocenters. The first-order chi connectivity index (χ1) is 6.72. The molecule has 1 N–H and O–H groups in total. The first-order valence-electron chi connectivity index (χ1n) is 5.04. The predicted molar refractivity (Wildman–Crippen MR) is 55.5 cm³/mol. The van der Waals surface area contributed by atoms with E-state index in [1.54, 1.807) is 7.11 Å². The van der Waals surface area contributed by atoms with Crippen molar-refractivity contribution in [2.45, 2.75) is 25.4 Å². The minimum Gasteiger partial charge on any atom is -0.497 e. The highest BCUT2D eigenvalue weighted by Gasteiger charge is 2.41. The third-order valence-corrected chi connectivity index (χ3v) is 2.98. The van der Waals surface area contributed by atoms with Gasteiger partial charge in [-0.15, -0.1) is 0 Å². The van der Waals surface area contributed by atoms with Gasteiger partial charge in [0.15, 0.2) is 0 Å². The van der Waals surface area contributed by atoms with Gasteiger partial charge in [0, 0.05) is 0 Å². The molecule has 0 saturated heterocycles. The number of hydrogen-bond donors (Lipinski definition) is 1. The van der Waals surface area contributed by atoms with Gasteiger partial charge in [-0.1, -0.05) is 12.1 Å². The third kappa shape index (κ3) is 1.75. The summed E-state index contributed by atoms with van der Waals surface area (Å²) in [5, 5.41) is 9.42. The first kappa shape index (κ1) is 9.53. The van der Waals surface area contributed by atoms with Gasteiger partial charge in [0.05, 0.1) is 13.2 Å². The lowest BCUT2D eigenvalue weighted by Crippen LogP contribution is -2.03. The third-order valence-electron chi connectivity index (χ3n) is 2.98. The lowest BCUT2D eigenvalue weighted by Gasteiger charge is -2.05. The van der Waals surface area contributed by atoms with Crippen LogP contribution in [0, 0.1) is 5.92 Å². The SMILES string of the molecule is COc1cccc([C@H]2C[C@@H]2[C@@H](C)O)c1. The van der Waals surface area contributed by atoms with Crippen LogP contribution < -0.4 is 4.74 Å². The molecule has 0 spiro atoms. The van der Waals surface area contributed by atoms with Crippen molar-refractivity contribution in [2.24, 2.45) is 5.92 Å². The molecule has 1 aliphatic rings. The van der Waals surface area contributed by atoms with Gasteiger partial charge < -0.3 is 9.84 Å². The van der Waals surface area contributed by atoms with Crippen molar-refractivity contribution < 1.29 is 9.84 Å². The van der Waals surface area contributed by atoms with Gasteiger partial charge in [-0.2, -0.15) is 0 Å². The second-order valence-electron chi connectivity index (χ2n) is 4.02. The van der Waals surface area contributed by atoms with E-state index in [1.807, 2.05) is 19.1 Å². The molecule has 3 atom stereocenters. The molecule has 2 rings (SSSR count). The van der Waals surface area contributed by atoms with E-state index in [0.29, 0.717) is 11.8 Å². The molecule has 0 bridgehead atoms. The summed E-state index contributed by atoms with van der Waals surface area (Å²) < 4.78 is 5.17. The van der Waals surface area contributed by atoms with E-state index in [2.05, 4.69) is 12.1 Å². The summed E-state index contributed by atoms with van der Waals surface area (Å²) in [7, 11) is 1.68. The molecule has 2 nitrogen and oxygen atoms in total. The molecule has 0 aliphatic heterocycles. The maximum Gasteiger partial charge on any atom is 0.119 e. The lowest BCUT2D eigenvalue weighted by atomic mass is 10.1. The highest BCUT2D eigenvalue weighted by atomic mass is 16.5. The fourth-order valence-electron chi connectivity index (χ4n) is 2.00. The van der Waals surface area contributed by atoms with Crippen molar-refractivity contribution in [2.75, 3.05) is 7.11 Å². The number of benzene rings is 1. The normalized spacial score (nSPS) is 27.1. The van der Waals surface area contributed by atoms with Crippen LogP contribution in [0.3, 0.4) is 0 Å². The van der Waals surface area contributed by atoms with Gasteiger partial charge in [-0.25, -0.2) is 0 Å². The number of hydrogen-bond acceptors (Lipinski definition) is 2. The Morgan fingerprint density at radius 2 is 2.29 bits per heavy atom. The van der Waals surface area contributed by atoms with Crippen molar-refractivity contribution >= 4 is 0 Å². The Morgan fingerprint density at radius 1 is 1.50 bits per heavy atom. The van der Waals surface area contributed by atoms with Crippen LogP contribution in [0.2, 0.25) is 0 Å². The lowest BCUT2D eigenvalue weighted by molar-refractivity contribution is 0.169. The Morgan fingerprint density at radius 3 is 2.86 bits per heavy atom. The van der Waals surface area contributed by atoms with Crippen molar-refractivity contribution in [1.82, 2.24) is 0 Å². The quantitative estimate of drug-likeness (QED) is 0.795. The van der Waals surface area contributed by atoms with Gasteiger partial charge in [0.2, 0.25) is 0 Å². The number of ether oxygens (including phenoxy) is 1. The Bertz CT molecular complexity index is 320. The minimum atomic E-state index is -0.189. The average Bonchev–Trinajstić information content (AvgIpc) is 2.97. The second kappa shape index (κ2) is 3.62. The van der Waals surface area contributed by atoms with Crippen molar-refractivity contribution in [3.05, 3.63) is 29.8 Å². The van der Waals surface area contributed by atoms with Gasteiger partial charge >= 0.3 is 0 Å². The molecule has 14 heavy (non-hydrogen) atoms. The largest absolute Gasteiger partial charge is 0.497 e. The van der Waals surface area contributed by atoms with E-state index in [9.17, 15) is 5.11 Å². The van der Waals surface area contributed by atoms with Crippen molar-refractivity contribution in [3.8, 4) is 5.75 Å². The predicted octanol–water partition coefficient (Wildman–Crippen LogP) is 2.18. The number of aliphatic hydroxyl groups is 1. The number of methoxy groups -OCH3 is 1. The Hall–Kier alpha value is -1.02. The molecule has 0 amide bonds. The number of rotatable bonds is 3. The van der Waals surface area contributed by atoms with Crippen LogP contribution in [0.5, 0.6) is 5.75 Å². The average molecular weight is 192 g/mol. The van der Waals surface area contributed by atoms with E-state index in [-0.39, 0.29) is 6.10 Å². The topological polar surface area (TPSA) is 29.5 Å². The molecule has 76 valence electrons. The molecule has 0 heterocycles. The smallest absolute Gasteiger partial charge is 0.119 e. The highest BCUT2D eigenvalue weighted by Crippen LogP contribution is 2.49. The molecule has 1 aliphatic carbocycles. The molecule has 1 aromatic carbocycles. The summed E-state index contributed by atoms with van der Waals surface area (Å²) >= 11 is 0. The van der Waals surface area contributed by atoms with E-state index in [4.69, 9.17) is 4.74 Å². The molecule has 1 saturated carbocycles. The van der Waals surface area contributed by atoms with Gasteiger partial charge in [-0.3, -0.25) is 0 Å². The van der Waals surface area contributed by atoms with Crippen LogP contribution in [-0.4, -0.2) is 18.3 Å². The second-order valence-corrected chi connectivity index (χ2v) is 4.02. The summed E-state index contributed by atoms with van der Waals surface area (Å²) in [6, 6.07) is 8.12. The summed E-state index contributed by atoms with van der Waals surface area (Å²) in [5.41, 5.74) is 1.29. The number of aliphatic hydroxyl groups excluding tert-OH is 1. The van der Waals surface area contributed by atoms with Crippen molar-refractivity contribution in [1.29, 1.82) is 0 Å². The first-order valence-corrected chi connectivity index (χ1v) is 5.04. The van der Waals surface area contributed by atoms with Crippen LogP contribution in [0.25, 0.3) is 0 Å². The van der Waals surface area contributed by atoms with Gasteiger partial charge in [-0.05, 0) is 42.9 Å². The van der Waals surface area contributed by atoms with E-state index < -0.39 is 0 Å². The molecular weight excluding hydrogens is 176 g/mol. The van der Waals surface area contributed by atoms with Crippen LogP contribution in [0.4, 0.5) is 0 Å². The molecule has 0 radical (unpaired) electrons. The molecule has 0 aromatic heterocycles. The summed E-state index contributed by atoms with van der Waals surface area (Å²) in [5.74, 6) is 1.88. The Labute approximate surface area is 84.5 Å². The summed E-state index contributed by atoms with van der Waals surface area (Å²) in [6.07, 6.45) is 0.913. The Kier molecular flexibility index (Phi) is 2.46. The zero-order chi connectivity index (χ0) is 10.1. The zero-order valence-electron chi connectivity index (χ0n) is 8.60. The summed E-state index contributed by atoms with van der Waals surface area (Å²) in [6.45, 7) is 1.87. The molecule has 1 aromatic rings.